The Labute approximate surface area is 129 Å². The Morgan fingerprint density at radius 3 is 2.10 bits per heavy atom. The van der Waals surface area contributed by atoms with E-state index in [2.05, 4.69) is 18.2 Å². The van der Waals surface area contributed by atoms with Gasteiger partial charge in [0, 0.05) is 10.6 Å². The number of benzene rings is 3. The molecule has 21 heavy (non-hydrogen) atoms. The van der Waals surface area contributed by atoms with Gasteiger partial charge in [0.05, 0.1) is 7.11 Å². The van der Waals surface area contributed by atoms with Crippen LogP contribution in [-0.4, -0.2) is 7.11 Å². The monoisotopic (exact) mass is 294 g/mol. The van der Waals surface area contributed by atoms with Crippen molar-refractivity contribution in [3.63, 3.8) is 0 Å². The summed E-state index contributed by atoms with van der Waals surface area (Å²) in [6, 6.07) is 24.3. The molecule has 104 valence electrons. The maximum Gasteiger partial charge on any atom is 0.127 e. The topological polar surface area (TPSA) is 9.23 Å². The van der Waals surface area contributed by atoms with Crippen molar-refractivity contribution in [2.75, 3.05) is 7.11 Å². The van der Waals surface area contributed by atoms with Crippen LogP contribution in [-0.2, 0) is 0 Å². The highest BCUT2D eigenvalue weighted by molar-refractivity contribution is 6.30. The molecule has 0 spiro atoms. The first-order valence-electron chi connectivity index (χ1n) is 6.78. The molecule has 0 aliphatic rings. The van der Waals surface area contributed by atoms with Crippen molar-refractivity contribution in [3.8, 4) is 28.0 Å². The molecule has 0 saturated heterocycles. The molecule has 0 amide bonds. The van der Waals surface area contributed by atoms with Crippen LogP contribution in [0.3, 0.4) is 0 Å². The molecule has 0 N–H and O–H groups in total. The summed E-state index contributed by atoms with van der Waals surface area (Å²) in [5.74, 6) is 0.869. The molecule has 3 aromatic carbocycles. The Bertz CT molecular complexity index is 733. The summed E-state index contributed by atoms with van der Waals surface area (Å²) in [6.07, 6.45) is 0. The molecule has 3 rings (SSSR count). The average molecular weight is 295 g/mol. The number of methoxy groups -OCH3 is 1. The standard InChI is InChI=1S/C19H15ClO/c1-21-18-9-5-8-17(14-10-12-16(20)13-11-14)19(18)15-6-3-2-4-7-15/h2-13H,1H3. The molecule has 0 saturated carbocycles. The van der Waals surface area contributed by atoms with Crippen LogP contribution in [0.25, 0.3) is 22.3 Å². The third kappa shape index (κ3) is 2.79. The highest BCUT2D eigenvalue weighted by Crippen LogP contribution is 2.39. The van der Waals surface area contributed by atoms with Crippen LogP contribution >= 0.6 is 11.6 Å². The van der Waals surface area contributed by atoms with Crippen LogP contribution in [0.2, 0.25) is 5.02 Å². The maximum absolute atomic E-state index is 5.99. The smallest absolute Gasteiger partial charge is 0.127 e. The molecular formula is C19H15ClO. The Morgan fingerprint density at radius 1 is 0.714 bits per heavy atom. The minimum Gasteiger partial charge on any atom is -0.496 e. The van der Waals surface area contributed by atoms with Crippen molar-refractivity contribution in [1.82, 2.24) is 0 Å². The predicted octanol–water partition coefficient (Wildman–Crippen LogP) is 5.68. The lowest BCUT2D eigenvalue weighted by molar-refractivity contribution is 0.416. The Balaban J connectivity index is 2.23. The summed E-state index contributed by atoms with van der Waals surface area (Å²) >= 11 is 5.99. The van der Waals surface area contributed by atoms with Crippen LogP contribution in [0.5, 0.6) is 5.75 Å². The van der Waals surface area contributed by atoms with Crippen molar-refractivity contribution in [2.45, 2.75) is 0 Å². The first-order chi connectivity index (χ1) is 10.3. The van der Waals surface area contributed by atoms with E-state index in [9.17, 15) is 0 Å². The van der Waals surface area contributed by atoms with E-state index in [-0.39, 0.29) is 0 Å². The van der Waals surface area contributed by atoms with Gasteiger partial charge in [0.15, 0.2) is 0 Å². The molecule has 0 unspecified atom stereocenters. The Morgan fingerprint density at radius 2 is 1.43 bits per heavy atom. The van der Waals surface area contributed by atoms with E-state index in [0.717, 1.165) is 33.0 Å². The second kappa shape index (κ2) is 6.02. The fourth-order valence-corrected chi connectivity index (χ4v) is 2.60. The molecular weight excluding hydrogens is 280 g/mol. The highest BCUT2D eigenvalue weighted by atomic mass is 35.5. The average Bonchev–Trinajstić information content (AvgIpc) is 2.55. The van der Waals surface area contributed by atoms with Crippen LogP contribution in [0.15, 0.2) is 72.8 Å². The van der Waals surface area contributed by atoms with Crippen molar-refractivity contribution < 1.29 is 4.74 Å². The van der Waals surface area contributed by atoms with E-state index in [1.807, 2.05) is 54.6 Å². The second-order valence-electron chi connectivity index (χ2n) is 4.76. The van der Waals surface area contributed by atoms with Crippen molar-refractivity contribution in [3.05, 3.63) is 77.8 Å². The molecule has 1 nitrogen and oxygen atoms in total. The van der Waals surface area contributed by atoms with Crippen molar-refractivity contribution >= 4 is 11.6 Å². The van der Waals surface area contributed by atoms with Crippen LogP contribution in [0.1, 0.15) is 0 Å². The van der Waals surface area contributed by atoms with E-state index < -0.39 is 0 Å². The van der Waals surface area contributed by atoms with Gasteiger partial charge in [-0.1, -0.05) is 66.2 Å². The van der Waals surface area contributed by atoms with Gasteiger partial charge in [-0.25, -0.2) is 0 Å². The fraction of sp³-hybridized carbons (Fsp3) is 0.0526. The predicted molar refractivity (Wildman–Crippen MR) is 88.9 cm³/mol. The lowest BCUT2D eigenvalue weighted by Gasteiger charge is -2.14. The summed E-state index contributed by atoms with van der Waals surface area (Å²) in [6.45, 7) is 0. The summed E-state index contributed by atoms with van der Waals surface area (Å²) in [7, 11) is 1.70. The molecule has 0 heterocycles. The van der Waals surface area contributed by atoms with Gasteiger partial charge in [-0.15, -0.1) is 0 Å². The van der Waals surface area contributed by atoms with Crippen molar-refractivity contribution in [2.24, 2.45) is 0 Å². The van der Waals surface area contributed by atoms with E-state index in [1.165, 1.54) is 0 Å². The van der Waals surface area contributed by atoms with E-state index in [0.29, 0.717) is 0 Å². The molecule has 0 aromatic heterocycles. The lowest BCUT2D eigenvalue weighted by atomic mass is 9.94. The Hall–Kier alpha value is -2.25. The summed E-state index contributed by atoms with van der Waals surface area (Å²) < 4.78 is 5.56. The van der Waals surface area contributed by atoms with Crippen LogP contribution in [0.4, 0.5) is 0 Å². The highest BCUT2D eigenvalue weighted by Gasteiger charge is 2.12. The molecule has 0 atom stereocenters. The number of hydrogen-bond donors (Lipinski definition) is 0. The lowest BCUT2D eigenvalue weighted by Crippen LogP contribution is -1.91. The molecule has 3 aromatic rings. The van der Waals surface area contributed by atoms with Gasteiger partial charge in [-0.05, 0) is 34.9 Å². The van der Waals surface area contributed by atoms with Gasteiger partial charge in [0.1, 0.15) is 5.75 Å². The largest absolute Gasteiger partial charge is 0.496 e. The minimum atomic E-state index is 0.739. The molecule has 0 fully saturated rings. The second-order valence-corrected chi connectivity index (χ2v) is 5.19. The van der Waals surface area contributed by atoms with Gasteiger partial charge in [-0.3, -0.25) is 0 Å². The van der Waals surface area contributed by atoms with Gasteiger partial charge in [0.2, 0.25) is 0 Å². The van der Waals surface area contributed by atoms with E-state index >= 15 is 0 Å². The summed E-state index contributed by atoms with van der Waals surface area (Å²) in [5, 5.41) is 0.739. The van der Waals surface area contributed by atoms with E-state index in [1.54, 1.807) is 7.11 Å². The minimum absolute atomic E-state index is 0.739. The molecule has 0 bridgehead atoms. The zero-order valence-corrected chi connectivity index (χ0v) is 12.5. The number of rotatable bonds is 3. The molecule has 2 heteroatoms. The zero-order valence-electron chi connectivity index (χ0n) is 11.7. The maximum atomic E-state index is 5.99. The van der Waals surface area contributed by atoms with Gasteiger partial charge in [-0.2, -0.15) is 0 Å². The fourth-order valence-electron chi connectivity index (χ4n) is 2.47. The Kier molecular flexibility index (Phi) is 3.94. The van der Waals surface area contributed by atoms with Gasteiger partial charge >= 0.3 is 0 Å². The van der Waals surface area contributed by atoms with Crippen molar-refractivity contribution in [1.29, 1.82) is 0 Å². The van der Waals surface area contributed by atoms with Crippen LogP contribution < -0.4 is 4.74 Å². The molecule has 0 aliphatic carbocycles. The van der Waals surface area contributed by atoms with Gasteiger partial charge in [0.25, 0.3) is 0 Å². The normalized spacial score (nSPS) is 10.4. The summed E-state index contributed by atoms with van der Waals surface area (Å²) in [4.78, 5) is 0. The SMILES string of the molecule is COc1cccc(-c2ccc(Cl)cc2)c1-c1ccccc1. The third-order valence-electron chi connectivity index (χ3n) is 3.46. The third-order valence-corrected chi connectivity index (χ3v) is 3.72. The number of ether oxygens (including phenoxy) is 1. The van der Waals surface area contributed by atoms with Gasteiger partial charge < -0.3 is 4.74 Å². The molecule has 0 aliphatic heterocycles. The summed E-state index contributed by atoms with van der Waals surface area (Å²) in [5.41, 5.74) is 4.50. The zero-order chi connectivity index (χ0) is 14.7. The number of hydrogen-bond acceptors (Lipinski definition) is 1. The van der Waals surface area contributed by atoms with E-state index in [4.69, 9.17) is 16.3 Å². The quantitative estimate of drug-likeness (QED) is 0.603. The van der Waals surface area contributed by atoms with Crippen LogP contribution in [0, 0.1) is 0 Å². The number of halogens is 1. The first kappa shape index (κ1) is 13.7. The molecule has 0 radical (unpaired) electrons. The first-order valence-corrected chi connectivity index (χ1v) is 7.16.